The van der Waals surface area contributed by atoms with Crippen LogP contribution in [0.3, 0.4) is 0 Å². The summed E-state index contributed by atoms with van der Waals surface area (Å²) in [5.41, 5.74) is -0.229. The van der Waals surface area contributed by atoms with Gasteiger partial charge in [-0.3, -0.25) is 0 Å². The van der Waals surface area contributed by atoms with Crippen molar-refractivity contribution >= 4 is 23.0 Å². The second-order valence-corrected chi connectivity index (χ2v) is 4.93. The molecule has 112 valence electrons. The number of rotatable bonds is 6. The van der Waals surface area contributed by atoms with Crippen molar-refractivity contribution in [3.8, 4) is 11.5 Å². The molecule has 0 amide bonds. The van der Waals surface area contributed by atoms with Crippen LogP contribution in [0, 0.1) is 0 Å². The Labute approximate surface area is 123 Å². The smallest absolute Gasteiger partial charge is 0.171 e. The first-order valence-electron chi connectivity index (χ1n) is 6.01. The van der Waals surface area contributed by atoms with Crippen LogP contribution in [0.15, 0.2) is 18.2 Å². The molecule has 0 aliphatic rings. The molecule has 6 nitrogen and oxygen atoms in total. The Morgan fingerprint density at radius 1 is 1.25 bits per heavy atom. The molecule has 0 aliphatic heterocycles. The van der Waals surface area contributed by atoms with Gasteiger partial charge < -0.3 is 30.3 Å². The van der Waals surface area contributed by atoms with Gasteiger partial charge in [0.2, 0.25) is 0 Å². The van der Waals surface area contributed by atoms with Crippen molar-refractivity contribution in [2.45, 2.75) is 12.5 Å². The van der Waals surface area contributed by atoms with Gasteiger partial charge in [-0.15, -0.1) is 0 Å². The highest BCUT2D eigenvalue weighted by atomic mass is 32.1. The molecular formula is C13H20N2O4S. The first kappa shape index (κ1) is 16.5. The zero-order chi connectivity index (χ0) is 15.2. The van der Waals surface area contributed by atoms with Crippen LogP contribution in [0.4, 0.5) is 5.69 Å². The Bertz CT molecular complexity index is 464. The molecule has 0 spiro atoms. The minimum atomic E-state index is -0.885. The third-order valence-electron chi connectivity index (χ3n) is 2.77. The van der Waals surface area contributed by atoms with Gasteiger partial charge in [0.1, 0.15) is 11.5 Å². The standard InChI is InChI=1S/C13H20N2O4S/c1-13(7-16,8-17)15-12(20)14-10-5-4-9(18-2)6-11(10)19-3/h4-6,16-17H,7-8H2,1-3H3,(H2,14,15,20). The highest BCUT2D eigenvalue weighted by Crippen LogP contribution is 2.28. The van der Waals surface area contributed by atoms with E-state index in [1.54, 1.807) is 39.3 Å². The summed E-state index contributed by atoms with van der Waals surface area (Å²) in [5.74, 6) is 1.24. The molecule has 0 radical (unpaired) electrons. The van der Waals surface area contributed by atoms with E-state index >= 15 is 0 Å². The van der Waals surface area contributed by atoms with E-state index in [0.29, 0.717) is 17.2 Å². The molecular weight excluding hydrogens is 280 g/mol. The SMILES string of the molecule is COc1ccc(NC(=S)NC(C)(CO)CO)c(OC)c1. The number of hydrogen-bond donors (Lipinski definition) is 4. The molecule has 4 N–H and O–H groups in total. The number of thiocarbonyl (C=S) groups is 1. The lowest BCUT2D eigenvalue weighted by Crippen LogP contribution is -2.53. The number of aliphatic hydroxyl groups excluding tert-OH is 2. The van der Waals surface area contributed by atoms with Gasteiger partial charge in [0.15, 0.2) is 5.11 Å². The van der Waals surface area contributed by atoms with Crippen LogP contribution in [-0.2, 0) is 0 Å². The molecule has 1 aromatic carbocycles. The second-order valence-electron chi connectivity index (χ2n) is 4.52. The molecule has 1 rings (SSSR count). The fraction of sp³-hybridized carbons (Fsp3) is 0.462. The molecule has 0 aliphatic carbocycles. The Morgan fingerprint density at radius 2 is 1.90 bits per heavy atom. The Kier molecular flexibility index (Phi) is 6.00. The molecule has 0 fully saturated rings. The zero-order valence-electron chi connectivity index (χ0n) is 11.8. The summed E-state index contributed by atoms with van der Waals surface area (Å²) < 4.78 is 10.4. The van der Waals surface area contributed by atoms with Gasteiger partial charge in [-0.1, -0.05) is 0 Å². The van der Waals surface area contributed by atoms with Crippen molar-refractivity contribution in [3.63, 3.8) is 0 Å². The summed E-state index contributed by atoms with van der Waals surface area (Å²) in [4.78, 5) is 0. The molecule has 0 aromatic heterocycles. The molecule has 20 heavy (non-hydrogen) atoms. The molecule has 0 saturated carbocycles. The van der Waals surface area contributed by atoms with Crippen molar-refractivity contribution in [1.82, 2.24) is 5.32 Å². The van der Waals surface area contributed by atoms with Crippen LogP contribution in [0.25, 0.3) is 0 Å². The van der Waals surface area contributed by atoms with E-state index < -0.39 is 5.54 Å². The fourth-order valence-corrected chi connectivity index (χ4v) is 1.81. The van der Waals surface area contributed by atoms with Gasteiger partial charge in [0, 0.05) is 6.07 Å². The summed E-state index contributed by atoms with van der Waals surface area (Å²) in [6.07, 6.45) is 0. The predicted molar refractivity (Wildman–Crippen MR) is 81.5 cm³/mol. The van der Waals surface area contributed by atoms with Gasteiger partial charge in [-0.2, -0.15) is 0 Å². The number of benzene rings is 1. The average Bonchev–Trinajstić information content (AvgIpc) is 2.47. The summed E-state index contributed by atoms with van der Waals surface area (Å²) >= 11 is 5.15. The lowest BCUT2D eigenvalue weighted by molar-refractivity contribution is 0.120. The summed E-state index contributed by atoms with van der Waals surface area (Å²) in [6, 6.07) is 5.26. The van der Waals surface area contributed by atoms with E-state index in [1.165, 1.54) is 0 Å². The van der Waals surface area contributed by atoms with Gasteiger partial charge in [-0.25, -0.2) is 0 Å². The zero-order valence-corrected chi connectivity index (χ0v) is 12.6. The lowest BCUT2D eigenvalue weighted by atomic mass is 10.1. The number of nitrogens with one attached hydrogen (secondary N) is 2. The van der Waals surface area contributed by atoms with Crippen molar-refractivity contribution < 1.29 is 19.7 Å². The van der Waals surface area contributed by atoms with Crippen LogP contribution in [0.2, 0.25) is 0 Å². The van der Waals surface area contributed by atoms with Gasteiger partial charge in [0.05, 0.1) is 38.7 Å². The number of anilines is 1. The average molecular weight is 300 g/mol. The molecule has 0 atom stereocenters. The first-order valence-corrected chi connectivity index (χ1v) is 6.41. The van der Waals surface area contributed by atoms with Crippen molar-refractivity contribution in [3.05, 3.63) is 18.2 Å². The maximum absolute atomic E-state index is 9.22. The highest BCUT2D eigenvalue weighted by molar-refractivity contribution is 7.80. The third kappa shape index (κ3) is 4.22. The van der Waals surface area contributed by atoms with E-state index in [9.17, 15) is 10.2 Å². The van der Waals surface area contributed by atoms with E-state index in [2.05, 4.69) is 10.6 Å². The lowest BCUT2D eigenvalue weighted by Gasteiger charge is -2.28. The molecule has 1 aromatic rings. The molecule has 0 unspecified atom stereocenters. The maximum atomic E-state index is 9.22. The van der Waals surface area contributed by atoms with Crippen molar-refractivity contribution in [2.75, 3.05) is 32.8 Å². The Hall–Kier alpha value is -1.57. The third-order valence-corrected chi connectivity index (χ3v) is 2.97. The van der Waals surface area contributed by atoms with E-state index in [0.717, 1.165) is 0 Å². The van der Waals surface area contributed by atoms with E-state index in [1.807, 2.05) is 0 Å². The second kappa shape index (κ2) is 7.28. The predicted octanol–water partition coefficient (Wildman–Crippen LogP) is 0.733. The van der Waals surface area contributed by atoms with E-state index in [4.69, 9.17) is 21.7 Å². The van der Waals surface area contributed by atoms with Crippen LogP contribution >= 0.6 is 12.2 Å². The Morgan fingerprint density at radius 3 is 2.40 bits per heavy atom. The monoisotopic (exact) mass is 300 g/mol. The minimum absolute atomic E-state index is 0.245. The van der Waals surface area contributed by atoms with Gasteiger partial charge in [-0.05, 0) is 31.3 Å². The summed E-state index contributed by atoms with van der Waals surface area (Å²) in [5, 5.41) is 24.5. The minimum Gasteiger partial charge on any atom is -0.497 e. The molecule has 7 heteroatoms. The van der Waals surface area contributed by atoms with Crippen LogP contribution in [0.1, 0.15) is 6.92 Å². The Balaban J connectivity index is 2.80. The topological polar surface area (TPSA) is 83.0 Å². The quantitative estimate of drug-likeness (QED) is 0.577. The normalized spacial score (nSPS) is 10.8. The first-order chi connectivity index (χ1) is 9.47. The van der Waals surface area contributed by atoms with Crippen LogP contribution in [0.5, 0.6) is 11.5 Å². The van der Waals surface area contributed by atoms with Crippen molar-refractivity contribution in [2.24, 2.45) is 0 Å². The number of methoxy groups -OCH3 is 2. The van der Waals surface area contributed by atoms with Crippen LogP contribution < -0.4 is 20.1 Å². The number of aliphatic hydroxyl groups is 2. The van der Waals surface area contributed by atoms with E-state index in [-0.39, 0.29) is 18.3 Å². The molecule has 0 heterocycles. The number of hydrogen-bond acceptors (Lipinski definition) is 5. The maximum Gasteiger partial charge on any atom is 0.171 e. The molecule has 0 bridgehead atoms. The summed E-state index contributed by atoms with van der Waals surface area (Å²) in [7, 11) is 3.12. The highest BCUT2D eigenvalue weighted by Gasteiger charge is 2.23. The summed E-state index contributed by atoms with van der Waals surface area (Å²) in [6.45, 7) is 1.17. The van der Waals surface area contributed by atoms with Crippen molar-refractivity contribution in [1.29, 1.82) is 0 Å². The van der Waals surface area contributed by atoms with Gasteiger partial charge in [0.25, 0.3) is 0 Å². The number of ether oxygens (including phenoxy) is 2. The fourth-order valence-electron chi connectivity index (χ4n) is 1.46. The molecule has 0 saturated heterocycles. The van der Waals surface area contributed by atoms with Crippen LogP contribution in [-0.4, -0.2) is 48.3 Å². The largest absolute Gasteiger partial charge is 0.497 e. The van der Waals surface area contributed by atoms with Gasteiger partial charge >= 0.3 is 0 Å².